The van der Waals surface area contributed by atoms with Crippen molar-refractivity contribution in [3.05, 3.63) is 40.7 Å². The Morgan fingerprint density at radius 2 is 2.14 bits per heavy atom. The Morgan fingerprint density at radius 3 is 2.67 bits per heavy atom. The first kappa shape index (κ1) is 17.2. The van der Waals surface area contributed by atoms with Gasteiger partial charge in [0, 0.05) is 11.6 Å². The van der Waals surface area contributed by atoms with Crippen LogP contribution in [0.2, 0.25) is 5.02 Å². The molecule has 6 heteroatoms. The third-order valence-corrected chi connectivity index (χ3v) is 3.51. The van der Waals surface area contributed by atoms with E-state index in [1.807, 2.05) is 6.92 Å². The highest BCUT2D eigenvalue weighted by Gasteiger charge is 2.24. The van der Waals surface area contributed by atoms with Crippen molar-refractivity contribution in [1.82, 2.24) is 5.32 Å². The second-order valence-corrected chi connectivity index (χ2v) is 5.09. The molecule has 0 aliphatic heterocycles. The predicted molar refractivity (Wildman–Crippen MR) is 79.5 cm³/mol. The number of hydrogen-bond donors (Lipinski definition) is 2. The fourth-order valence-corrected chi connectivity index (χ4v) is 1.94. The topological polar surface area (TPSA) is 66.4 Å². The molecule has 2 N–H and O–H groups in total. The smallest absolute Gasteiger partial charge is 0.326 e. The first-order valence-electron chi connectivity index (χ1n) is 6.52. The number of carboxylic acid groups (broad SMARTS) is 1. The minimum atomic E-state index is -1.10. The summed E-state index contributed by atoms with van der Waals surface area (Å²) < 4.78 is 13.5. The third kappa shape index (κ3) is 4.86. The Kier molecular flexibility index (Phi) is 6.37. The summed E-state index contributed by atoms with van der Waals surface area (Å²) >= 11 is 5.82. The van der Waals surface area contributed by atoms with Crippen LogP contribution in [0.3, 0.4) is 0 Å². The molecule has 0 fully saturated rings. The Hall–Kier alpha value is -1.88. The number of amides is 1. The molecule has 1 aromatic carbocycles. The molecular formula is C15H17ClFNO3. The average Bonchev–Trinajstić information content (AvgIpc) is 2.43. The van der Waals surface area contributed by atoms with Gasteiger partial charge in [-0.15, -0.1) is 0 Å². The van der Waals surface area contributed by atoms with E-state index in [9.17, 15) is 14.0 Å². The molecule has 2 atom stereocenters. The van der Waals surface area contributed by atoms with Crippen LogP contribution >= 0.6 is 11.6 Å². The largest absolute Gasteiger partial charge is 0.480 e. The van der Waals surface area contributed by atoms with E-state index in [0.717, 1.165) is 6.08 Å². The monoisotopic (exact) mass is 313 g/mol. The van der Waals surface area contributed by atoms with Gasteiger partial charge in [-0.05, 0) is 24.1 Å². The number of rotatable bonds is 6. The molecule has 0 aliphatic carbocycles. The molecule has 0 unspecified atom stereocenters. The summed E-state index contributed by atoms with van der Waals surface area (Å²) in [6, 6.07) is 3.20. The molecule has 1 amide bonds. The zero-order valence-corrected chi connectivity index (χ0v) is 12.5. The maximum Gasteiger partial charge on any atom is 0.326 e. The molecule has 0 radical (unpaired) electrons. The lowest BCUT2D eigenvalue weighted by molar-refractivity contribution is -0.142. The molecule has 0 spiro atoms. The highest BCUT2D eigenvalue weighted by molar-refractivity contribution is 6.32. The first-order chi connectivity index (χ1) is 9.86. The Balaban J connectivity index is 2.81. The van der Waals surface area contributed by atoms with Crippen LogP contribution in [0.15, 0.2) is 24.3 Å². The van der Waals surface area contributed by atoms with Gasteiger partial charge in [-0.1, -0.05) is 37.9 Å². The number of hydrogen-bond acceptors (Lipinski definition) is 2. The van der Waals surface area contributed by atoms with Gasteiger partial charge < -0.3 is 10.4 Å². The van der Waals surface area contributed by atoms with Crippen LogP contribution in [0.5, 0.6) is 0 Å². The number of carbonyl (C=O) groups excluding carboxylic acids is 1. The average molecular weight is 314 g/mol. The maximum atomic E-state index is 13.5. The van der Waals surface area contributed by atoms with Gasteiger partial charge in [0.1, 0.15) is 11.9 Å². The molecule has 1 aromatic rings. The molecule has 114 valence electrons. The van der Waals surface area contributed by atoms with E-state index in [-0.39, 0.29) is 16.5 Å². The number of benzene rings is 1. The molecule has 0 aromatic heterocycles. The SMILES string of the molecule is CC[C@H](C)[C@H](NC(=O)/C=C/c1c(F)cccc1Cl)C(=O)O. The minimum Gasteiger partial charge on any atom is -0.480 e. The van der Waals surface area contributed by atoms with E-state index in [1.54, 1.807) is 6.92 Å². The molecule has 4 nitrogen and oxygen atoms in total. The molecule has 0 saturated carbocycles. The van der Waals surface area contributed by atoms with E-state index < -0.39 is 23.7 Å². The van der Waals surface area contributed by atoms with Crippen molar-refractivity contribution in [3.8, 4) is 0 Å². The van der Waals surface area contributed by atoms with Crippen molar-refractivity contribution >= 4 is 29.6 Å². The normalized spacial score (nSPS) is 13.9. The number of aliphatic carboxylic acids is 1. The lowest BCUT2D eigenvalue weighted by Gasteiger charge is -2.19. The molecule has 0 saturated heterocycles. The third-order valence-electron chi connectivity index (χ3n) is 3.18. The molecule has 0 heterocycles. The van der Waals surface area contributed by atoms with E-state index >= 15 is 0 Å². The lowest BCUT2D eigenvalue weighted by atomic mass is 9.99. The number of carbonyl (C=O) groups is 2. The second-order valence-electron chi connectivity index (χ2n) is 4.68. The number of carboxylic acids is 1. The minimum absolute atomic E-state index is 0.0877. The summed E-state index contributed by atoms with van der Waals surface area (Å²) in [4.78, 5) is 22.8. The van der Waals surface area contributed by atoms with Crippen LogP contribution in [-0.4, -0.2) is 23.0 Å². The summed E-state index contributed by atoms with van der Waals surface area (Å²) in [6.45, 7) is 3.57. The summed E-state index contributed by atoms with van der Waals surface area (Å²) in [5, 5.41) is 11.6. The van der Waals surface area contributed by atoms with Gasteiger partial charge in [0.25, 0.3) is 0 Å². The first-order valence-corrected chi connectivity index (χ1v) is 6.90. The lowest BCUT2D eigenvalue weighted by Crippen LogP contribution is -2.44. The zero-order valence-electron chi connectivity index (χ0n) is 11.8. The summed E-state index contributed by atoms with van der Waals surface area (Å²) in [6.07, 6.45) is 2.91. The van der Waals surface area contributed by atoms with Gasteiger partial charge in [-0.2, -0.15) is 0 Å². The summed E-state index contributed by atoms with van der Waals surface area (Å²) in [5.74, 6) is -2.47. The molecule has 0 aliphatic rings. The van der Waals surface area contributed by atoms with Crippen molar-refractivity contribution in [2.24, 2.45) is 5.92 Å². The second kappa shape index (κ2) is 7.78. The molecule has 1 rings (SSSR count). The van der Waals surface area contributed by atoms with Crippen molar-refractivity contribution in [1.29, 1.82) is 0 Å². The predicted octanol–water partition coefficient (Wildman–Crippen LogP) is 3.11. The van der Waals surface area contributed by atoms with Gasteiger partial charge in [0.05, 0.1) is 5.02 Å². The summed E-state index contributed by atoms with van der Waals surface area (Å²) in [7, 11) is 0. The van der Waals surface area contributed by atoms with Crippen molar-refractivity contribution in [2.45, 2.75) is 26.3 Å². The van der Waals surface area contributed by atoms with Gasteiger partial charge in [0.15, 0.2) is 0 Å². The van der Waals surface area contributed by atoms with Crippen LogP contribution in [-0.2, 0) is 9.59 Å². The van der Waals surface area contributed by atoms with Gasteiger partial charge in [0.2, 0.25) is 5.91 Å². The number of halogens is 2. The summed E-state index contributed by atoms with van der Waals surface area (Å²) in [5.41, 5.74) is 0.0877. The van der Waals surface area contributed by atoms with E-state index in [0.29, 0.717) is 6.42 Å². The molecule has 0 bridgehead atoms. The van der Waals surface area contributed by atoms with Gasteiger partial charge in [-0.25, -0.2) is 9.18 Å². The highest BCUT2D eigenvalue weighted by Crippen LogP contribution is 2.20. The van der Waals surface area contributed by atoms with Gasteiger partial charge in [-0.3, -0.25) is 4.79 Å². The Labute approximate surface area is 127 Å². The maximum absolute atomic E-state index is 13.5. The van der Waals surface area contributed by atoms with Crippen molar-refractivity contribution in [2.75, 3.05) is 0 Å². The van der Waals surface area contributed by atoms with Crippen molar-refractivity contribution < 1.29 is 19.1 Å². The van der Waals surface area contributed by atoms with Gasteiger partial charge >= 0.3 is 5.97 Å². The Morgan fingerprint density at radius 1 is 1.48 bits per heavy atom. The van der Waals surface area contributed by atoms with E-state index in [2.05, 4.69) is 5.32 Å². The van der Waals surface area contributed by atoms with Crippen LogP contribution in [0.4, 0.5) is 4.39 Å². The molecule has 21 heavy (non-hydrogen) atoms. The quantitative estimate of drug-likeness (QED) is 0.793. The van der Waals surface area contributed by atoms with Crippen LogP contribution < -0.4 is 5.32 Å². The standard InChI is InChI=1S/C15H17ClFNO3/c1-3-9(2)14(15(20)21)18-13(19)8-7-10-11(16)5-4-6-12(10)17/h4-9,14H,3H2,1-2H3,(H,18,19)(H,20,21)/b8-7+/t9-,14-/m0/s1. The van der Waals surface area contributed by atoms with E-state index in [1.165, 1.54) is 24.3 Å². The van der Waals surface area contributed by atoms with Crippen molar-refractivity contribution in [3.63, 3.8) is 0 Å². The molecular weight excluding hydrogens is 297 g/mol. The van der Waals surface area contributed by atoms with Crippen LogP contribution in [0.25, 0.3) is 6.08 Å². The van der Waals surface area contributed by atoms with E-state index in [4.69, 9.17) is 16.7 Å². The Bertz CT molecular complexity index is 540. The van der Waals surface area contributed by atoms with Crippen LogP contribution in [0.1, 0.15) is 25.8 Å². The number of nitrogens with one attached hydrogen (secondary N) is 1. The fourth-order valence-electron chi connectivity index (χ4n) is 1.71. The van der Waals surface area contributed by atoms with Crippen LogP contribution in [0, 0.1) is 11.7 Å². The highest BCUT2D eigenvalue weighted by atomic mass is 35.5. The fraction of sp³-hybridized carbons (Fsp3) is 0.333. The zero-order chi connectivity index (χ0) is 16.0.